The van der Waals surface area contributed by atoms with Crippen molar-refractivity contribution in [3.8, 4) is 0 Å². The summed E-state index contributed by atoms with van der Waals surface area (Å²) >= 11 is 3.43. The van der Waals surface area contributed by atoms with E-state index in [4.69, 9.17) is 5.11 Å². The van der Waals surface area contributed by atoms with Crippen molar-refractivity contribution in [3.63, 3.8) is 0 Å². The molecule has 0 heterocycles. The van der Waals surface area contributed by atoms with E-state index in [2.05, 4.69) is 41.9 Å². The van der Waals surface area contributed by atoms with E-state index in [-0.39, 0.29) is 0 Å². The first-order valence-electron chi connectivity index (χ1n) is 6.18. The van der Waals surface area contributed by atoms with Gasteiger partial charge in [-0.3, -0.25) is 0 Å². The maximum Gasteiger partial charge on any atom is 0.0431 e. The summed E-state index contributed by atoms with van der Waals surface area (Å²) in [5.41, 5.74) is 2.94. The lowest BCUT2D eigenvalue weighted by molar-refractivity contribution is 0.284. The van der Waals surface area contributed by atoms with Crippen LogP contribution in [0.4, 0.5) is 0 Å². The summed E-state index contributed by atoms with van der Waals surface area (Å²) in [7, 11) is 0. The third-order valence-electron chi connectivity index (χ3n) is 2.61. The number of hydrogen-bond acceptors (Lipinski definition) is 1. The molecule has 0 atom stereocenters. The van der Waals surface area contributed by atoms with Crippen molar-refractivity contribution >= 4 is 15.9 Å². The van der Waals surface area contributed by atoms with Crippen LogP contribution in [-0.4, -0.2) is 17.0 Å². The molecule has 0 saturated heterocycles. The van der Waals surface area contributed by atoms with E-state index < -0.39 is 0 Å². The minimum Gasteiger partial charge on any atom is -0.396 e. The number of halogens is 1. The quantitative estimate of drug-likeness (QED) is 0.373. The molecule has 0 aliphatic heterocycles. The third-order valence-corrected chi connectivity index (χ3v) is 3.07. The Morgan fingerprint density at radius 1 is 1.00 bits per heavy atom. The minimum absolute atomic E-state index is 0.321. The fourth-order valence-corrected chi connectivity index (χ4v) is 1.80. The van der Waals surface area contributed by atoms with Gasteiger partial charge in [0.1, 0.15) is 0 Å². The van der Waals surface area contributed by atoms with Crippen molar-refractivity contribution in [2.45, 2.75) is 52.4 Å². The van der Waals surface area contributed by atoms with Crippen molar-refractivity contribution in [2.24, 2.45) is 0 Å². The fourth-order valence-electron chi connectivity index (χ4n) is 1.57. The molecule has 0 radical (unpaired) electrons. The van der Waals surface area contributed by atoms with Gasteiger partial charge in [0.25, 0.3) is 0 Å². The Morgan fingerprint density at radius 2 is 1.62 bits per heavy atom. The summed E-state index contributed by atoms with van der Waals surface area (Å²) in [5, 5.41) is 9.74. The molecule has 0 spiro atoms. The molecule has 0 aromatic rings. The zero-order valence-electron chi connectivity index (χ0n) is 10.6. The van der Waals surface area contributed by atoms with E-state index in [1.54, 1.807) is 0 Å². The summed E-state index contributed by atoms with van der Waals surface area (Å²) in [6.45, 7) is 4.72. The fraction of sp³-hybridized carbons (Fsp3) is 0.714. The largest absolute Gasteiger partial charge is 0.396 e. The van der Waals surface area contributed by atoms with Crippen molar-refractivity contribution in [2.75, 3.05) is 11.9 Å². The van der Waals surface area contributed by atoms with Crippen LogP contribution in [0.3, 0.4) is 0 Å². The highest BCUT2D eigenvalue weighted by Gasteiger charge is 1.92. The van der Waals surface area contributed by atoms with Crippen LogP contribution in [-0.2, 0) is 0 Å². The number of alkyl halides is 1. The molecule has 0 unspecified atom stereocenters. The number of aliphatic hydroxyl groups is 1. The molecule has 0 amide bonds. The zero-order chi connectivity index (χ0) is 12.2. The highest BCUT2D eigenvalue weighted by atomic mass is 79.9. The van der Waals surface area contributed by atoms with E-state index in [9.17, 15) is 0 Å². The third kappa shape index (κ3) is 10.4. The molecule has 0 saturated carbocycles. The van der Waals surface area contributed by atoms with E-state index in [1.165, 1.54) is 17.6 Å². The number of aliphatic hydroxyl groups excluding tert-OH is 1. The molecule has 0 bridgehead atoms. The molecule has 0 aromatic carbocycles. The maximum absolute atomic E-state index is 8.68. The maximum atomic E-state index is 8.68. The first-order valence-corrected chi connectivity index (χ1v) is 7.31. The molecule has 0 fully saturated rings. The second kappa shape index (κ2) is 11.4. The Kier molecular flexibility index (Phi) is 11.3. The Morgan fingerprint density at radius 3 is 2.25 bits per heavy atom. The number of unbranched alkanes of at least 4 members (excludes halogenated alkanes) is 1. The molecule has 0 aliphatic carbocycles. The molecule has 2 heteroatoms. The lowest BCUT2D eigenvalue weighted by Gasteiger charge is -2.01. The summed E-state index contributed by atoms with van der Waals surface area (Å²) in [6, 6.07) is 0. The standard InChI is InChI=1S/C14H25BrO/c1-13(7-3-4-12-16)8-5-9-14(2)10-6-11-15/h8,10,16H,3-7,9,11-12H2,1-2H3/b13-8+,14-10+. The lowest BCUT2D eigenvalue weighted by Crippen LogP contribution is -1.85. The molecule has 0 rings (SSSR count). The molecule has 0 aliphatic rings. The summed E-state index contributed by atoms with van der Waals surface area (Å²) in [4.78, 5) is 0. The highest BCUT2D eigenvalue weighted by molar-refractivity contribution is 9.09. The molecule has 1 N–H and O–H groups in total. The van der Waals surface area contributed by atoms with Crippen LogP contribution in [0.2, 0.25) is 0 Å². The van der Waals surface area contributed by atoms with Crippen LogP contribution < -0.4 is 0 Å². The zero-order valence-corrected chi connectivity index (χ0v) is 12.2. The van der Waals surface area contributed by atoms with Gasteiger partial charge in [0.2, 0.25) is 0 Å². The second-order valence-corrected chi connectivity index (χ2v) is 5.09. The molecule has 1 nitrogen and oxygen atoms in total. The van der Waals surface area contributed by atoms with Crippen LogP contribution in [0, 0.1) is 0 Å². The van der Waals surface area contributed by atoms with Crippen molar-refractivity contribution < 1.29 is 5.11 Å². The first-order chi connectivity index (χ1) is 7.70. The van der Waals surface area contributed by atoms with Crippen LogP contribution in [0.25, 0.3) is 0 Å². The lowest BCUT2D eigenvalue weighted by atomic mass is 10.1. The Hall–Kier alpha value is -0.0800. The average molecular weight is 289 g/mol. The molecule has 0 aromatic heterocycles. The van der Waals surface area contributed by atoms with Gasteiger partial charge in [-0.2, -0.15) is 0 Å². The van der Waals surface area contributed by atoms with E-state index >= 15 is 0 Å². The predicted molar refractivity (Wildman–Crippen MR) is 76.1 cm³/mol. The monoisotopic (exact) mass is 288 g/mol. The van der Waals surface area contributed by atoms with Crippen LogP contribution in [0.15, 0.2) is 23.3 Å². The Bertz CT molecular complexity index is 219. The van der Waals surface area contributed by atoms with E-state index in [1.807, 2.05) is 0 Å². The highest BCUT2D eigenvalue weighted by Crippen LogP contribution is 2.11. The second-order valence-electron chi connectivity index (χ2n) is 4.30. The average Bonchev–Trinajstić information content (AvgIpc) is 2.26. The Balaban J connectivity index is 3.64. The van der Waals surface area contributed by atoms with Crippen molar-refractivity contribution in [1.82, 2.24) is 0 Å². The van der Waals surface area contributed by atoms with Gasteiger partial charge in [0.15, 0.2) is 0 Å². The topological polar surface area (TPSA) is 20.2 Å². The summed E-state index contributed by atoms with van der Waals surface area (Å²) < 4.78 is 0. The smallest absolute Gasteiger partial charge is 0.0431 e. The van der Waals surface area contributed by atoms with E-state index in [0.717, 1.165) is 37.4 Å². The molecular weight excluding hydrogens is 264 g/mol. The van der Waals surface area contributed by atoms with Gasteiger partial charge < -0.3 is 5.11 Å². The number of allylic oxidation sites excluding steroid dienone is 4. The molecular formula is C14H25BrO. The normalized spacial score (nSPS) is 13.2. The Labute approximate surface area is 109 Å². The van der Waals surface area contributed by atoms with Crippen molar-refractivity contribution in [1.29, 1.82) is 0 Å². The molecule has 16 heavy (non-hydrogen) atoms. The predicted octanol–water partition coefficient (Wildman–Crippen LogP) is 4.61. The van der Waals surface area contributed by atoms with Gasteiger partial charge in [0, 0.05) is 11.9 Å². The van der Waals surface area contributed by atoms with Crippen LogP contribution in [0.5, 0.6) is 0 Å². The van der Waals surface area contributed by atoms with Gasteiger partial charge in [0.05, 0.1) is 0 Å². The van der Waals surface area contributed by atoms with Gasteiger partial charge in [-0.25, -0.2) is 0 Å². The van der Waals surface area contributed by atoms with Gasteiger partial charge in [-0.1, -0.05) is 39.2 Å². The van der Waals surface area contributed by atoms with Crippen molar-refractivity contribution in [3.05, 3.63) is 23.3 Å². The minimum atomic E-state index is 0.321. The van der Waals surface area contributed by atoms with Crippen LogP contribution in [0.1, 0.15) is 52.4 Å². The van der Waals surface area contributed by atoms with E-state index in [0.29, 0.717) is 6.61 Å². The van der Waals surface area contributed by atoms with Gasteiger partial charge >= 0.3 is 0 Å². The first kappa shape index (κ1) is 15.9. The SMILES string of the molecule is C/C(=C\CCBr)CC/C=C(\C)CCCCO. The summed E-state index contributed by atoms with van der Waals surface area (Å²) in [5.74, 6) is 0. The summed E-state index contributed by atoms with van der Waals surface area (Å²) in [6.07, 6.45) is 11.3. The van der Waals surface area contributed by atoms with Gasteiger partial charge in [-0.15, -0.1) is 0 Å². The number of hydrogen-bond donors (Lipinski definition) is 1. The number of rotatable bonds is 9. The molecule has 94 valence electrons. The van der Waals surface area contributed by atoms with Gasteiger partial charge in [-0.05, 0) is 52.4 Å². The van der Waals surface area contributed by atoms with Crippen LogP contribution >= 0.6 is 15.9 Å².